The maximum absolute atomic E-state index is 14.6. The van der Waals surface area contributed by atoms with Crippen molar-refractivity contribution in [3.63, 3.8) is 0 Å². The van der Waals surface area contributed by atoms with E-state index in [-0.39, 0.29) is 42.0 Å². The molecule has 3 fully saturated rings. The highest BCUT2D eigenvalue weighted by atomic mass is 19.3. The smallest absolute Gasteiger partial charge is 0.266 e. The van der Waals surface area contributed by atoms with Crippen LogP contribution in [0.2, 0.25) is 0 Å². The number of hydrogen-bond donors (Lipinski definition) is 3. The van der Waals surface area contributed by atoms with Crippen LogP contribution in [0, 0.1) is 17.7 Å². The van der Waals surface area contributed by atoms with Gasteiger partial charge in [0.1, 0.15) is 17.4 Å². The Morgan fingerprint density at radius 2 is 1.70 bits per heavy atom. The third-order valence-electron chi connectivity index (χ3n) is 7.53. The zero-order valence-electron chi connectivity index (χ0n) is 19.2. The van der Waals surface area contributed by atoms with Crippen molar-refractivity contribution in [1.82, 2.24) is 15.2 Å². The zero-order chi connectivity index (χ0) is 26.6. The van der Waals surface area contributed by atoms with Gasteiger partial charge in [-0.2, -0.15) is 0 Å². The molecule has 0 spiro atoms. The van der Waals surface area contributed by atoms with E-state index < -0.39 is 59.3 Å². The Kier molecular flexibility index (Phi) is 6.45. The molecule has 1 unspecified atom stereocenters. The molecular weight excluding hydrogens is 509 g/mol. The number of nitrogens with zero attached hydrogens (tertiary/aromatic N) is 1. The van der Waals surface area contributed by atoms with Crippen LogP contribution in [0.4, 0.5) is 36.4 Å². The molecule has 5 rings (SSSR count). The number of piperidine rings is 1. The average molecular weight is 532 g/mol. The monoisotopic (exact) mass is 532 g/mol. The molecule has 2 heterocycles. The summed E-state index contributed by atoms with van der Waals surface area (Å²) in [6.45, 7) is 1.39. The predicted molar refractivity (Wildman–Crippen MR) is 119 cm³/mol. The van der Waals surface area contributed by atoms with Gasteiger partial charge in [-0.1, -0.05) is 18.2 Å². The van der Waals surface area contributed by atoms with Gasteiger partial charge < -0.3 is 20.5 Å². The van der Waals surface area contributed by atoms with Gasteiger partial charge in [-0.25, -0.2) is 30.7 Å². The molecule has 37 heavy (non-hydrogen) atoms. The highest BCUT2D eigenvalue weighted by Gasteiger charge is 2.55. The molecule has 2 aromatic rings. The van der Waals surface area contributed by atoms with Gasteiger partial charge in [0.2, 0.25) is 0 Å². The lowest BCUT2D eigenvalue weighted by atomic mass is 10.0. The number of pyridine rings is 1. The Labute approximate surface area is 206 Å². The number of benzene rings is 1. The topological polar surface area (TPSA) is 75.2 Å². The fourth-order valence-corrected chi connectivity index (χ4v) is 5.16. The number of rotatable bonds is 9. The van der Waals surface area contributed by atoms with E-state index in [0.717, 1.165) is 35.0 Å². The predicted octanol–water partition coefficient (Wildman–Crippen LogP) is 4.05. The van der Waals surface area contributed by atoms with Gasteiger partial charge in [-0.05, 0) is 24.7 Å². The van der Waals surface area contributed by atoms with Gasteiger partial charge in [-0.15, -0.1) is 0 Å². The van der Waals surface area contributed by atoms with Crippen LogP contribution < -0.4 is 21.5 Å². The van der Waals surface area contributed by atoms with Gasteiger partial charge in [0.25, 0.3) is 30.7 Å². The molecule has 1 aromatic carbocycles. The standard InChI is InChI=1S/C24H23F7N4O2/c25-17-10(2-1-3-11(17)20(26)27)19(21(28)29)34-22(37)14-9-35(24(4-5-24)23(30)31)16(36)6-15(14)33-18-12-7-32-8-13(12)18/h1-3,6,9,12-13,18-21,23,32-33H,4-5,7-8H2,(H,34,37)/t12-,13+,18+,19?. The van der Waals surface area contributed by atoms with Crippen LogP contribution >= 0.6 is 0 Å². The SMILES string of the molecule is O=C(NC(c1cccc(C(F)F)c1F)C(F)F)c1cn(C2(C(F)F)CC2)c(=O)cc1N[C@H]1[C@@H]2CNC[C@@H]21. The van der Waals surface area contributed by atoms with Crippen molar-refractivity contribution in [3.8, 4) is 0 Å². The molecule has 1 amide bonds. The van der Waals surface area contributed by atoms with E-state index in [0.29, 0.717) is 13.1 Å². The first-order chi connectivity index (χ1) is 17.5. The minimum absolute atomic E-state index is 0.0118. The lowest BCUT2D eigenvalue weighted by Crippen LogP contribution is -2.39. The maximum atomic E-state index is 14.6. The second-order valence-electron chi connectivity index (χ2n) is 9.71. The Morgan fingerprint density at radius 1 is 1.05 bits per heavy atom. The van der Waals surface area contributed by atoms with Gasteiger partial charge >= 0.3 is 0 Å². The van der Waals surface area contributed by atoms with E-state index in [1.165, 1.54) is 0 Å². The van der Waals surface area contributed by atoms with Crippen LogP contribution in [0.3, 0.4) is 0 Å². The van der Waals surface area contributed by atoms with Crippen LogP contribution in [-0.4, -0.2) is 42.5 Å². The normalized spacial score (nSPS) is 24.3. The quantitative estimate of drug-likeness (QED) is 0.427. The van der Waals surface area contributed by atoms with E-state index in [1.54, 1.807) is 0 Å². The highest BCUT2D eigenvalue weighted by molar-refractivity contribution is 5.99. The van der Waals surface area contributed by atoms with Crippen molar-refractivity contribution in [2.75, 3.05) is 18.4 Å². The number of nitrogens with one attached hydrogen (secondary N) is 3. The highest BCUT2D eigenvalue weighted by Crippen LogP contribution is 2.48. The molecule has 6 nitrogen and oxygen atoms in total. The second-order valence-corrected chi connectivity index (χ2v) is 9.71. The fraction of sp³-hybridized carbons (Fsp3) is 0.500. The van der Waals surface area contributed by atoms with E-state index in [2.05, 4.69) is 10.6 Å². The number of anilines is 1. The number of carbonyl (C=O) groups is 1. The zero-order valence-corrected chi connectivity index (χ0v) is 19.2. The average Bonchev–Trinajstić information content (AvgIpc) is 3.71. The largest absolute Gasteiger partial charge is 0.381 e. The molecule has 1 aromatic heterocycles. The van der Waals surface area contributed by atoms with Crippen molar-refractivity contribution in [3.05, 3.63) is 63.3 Å². The van der Waals surface area contributed by atoms with Crippen molar-refractivity contribution >= 4 is 11.6 Å². The van der Waals surface area contributed by atoms with Crippen molar-refractivity contribution in [1.29, 1.82) is 0 Å². The van der Waals surface area contributed by atoms with Crippen LogP contribution in [0.1, 0.15) is 46.8 Å². The number of alkyl halides is 6. The lowest BCUT2D eigenvalue weighted by molar-refractivity contribution is 0.0643. The van der Waals surface area contributed by atoms with E-state index in [1.807, 2.05) is 5.32 Å². The number of hydrogen-bond acceptors (Lipinski definition) is 4. The molecule has 2 saturated carbocycles. The first kappa shape index (κ1) is 25.6. The summed E-state index contributed by atoms with van der Waals surface area (Å²) in [5.74, 6) is -2.35. The number of amides is 1. The second kappa shape index (κ2) is 9.34. The Bertz CT molecular complexity index is 1250. The van der Waals surface area contributed by atoms with E-state index >= 15 is 0 Å². The number of aromatic nitrogens is 1. The maximum Gasteiger partial charge on any atom is 0.266 e. The van der Waals surface area contributed by atoms with Crippen molar-refractivity contribution in [2.24, 2.45) is 11.8 Å². The third kappa shape index (κ3) is 4.47. The van der Waals surface area contributed by atoms with E-state index in [9.17, 15) is 40.3 Å². The van der Waals surface area contributed by atoms with Crippen LogP contribution in [0.5, 0.6) is 0 Å². The van der Waals surface area contributed by atoms with Gasteiger partial charge in [0.05, 0.1) is 16.8 Å². The molecule has 1 saturated heterocycles. The summed E-state index contributed by atoms with van der Waals surface area (Å²) >= 11 is 0. The first-order valence-electron chi connectivity index (χ1n) is 11.7. The molecule has 1 aliphatic heterocycles. The molecule has 3 N–H and O–H groups in total. The van der Waals surface area contributed by atoms with Crippen molar-refractivity contribution < 1.29 is 35.5 Å². The third-order valence-corrected chi connectivity index (χ3v) is 7.53. The van der Waals surface area contributed by atoms with Gasteiger partial charge in [0.15, 0.2) is 0 Å². The molecule has 3 aliphatic rings. The molecule has 0 radical (unpaired) electrons. The van der Waals surface area contributed by atoms with Crippen LogP contribution in [0.25, 0.3) is 0 Å². The minimum Gasteiger partial charge on any atom is -0.381 e. The molecule has 0 bridgehead atoms. The van der Waals surface area contributed by atoms with E-state index in [4.69, 9.17) is 0 Å². The Balaban J connectivity index is 1.51. The van der Waals surface area contributed by atoms with Crippen LogP contribution in [0.15, 0.2) is 35.3 Å². The molecule has 200 valence electrons. The minimum atomic E-state index is -3.39. The molecule has 4 atom stereocenters. The summed E-state index contributed by atoms with van der Waals surface area (Å²) in [6, 6.07) is 1.12. The first-order valence-corrected chi connectivity index (χ1v) is 11.7. The number of halogens is 7. The molecule has 13 heteroatoms. The Hall–Kier alpha value is -3.09. The summed E-state index contributed by atoms with van der Waals surface area (Å²) in [4.78, 5) is 26.0. The molecule has 2 aliphatic carbocycles. The number of carbonyl (C=O) groups excluding carboxylic acids is 1. The summed E-state index contributed by atoms with van der Waals surface area (Å²) in [5, 5.41) is 8.18. The van der Waals surface area contributed by atoms with Crippen LogP contribution in [-0.2, 0) is 5.54 Å². The molecular formula is C24H23F7N4O2. The Morgan fingerprint density at radius 3 is 2.27 bits per heavy atom. The van der Waals surface area contributed by atoms with Gasteiger partial charge in [-0.3, -0.25) is 9.59 Å². The summed E-state index contributed by atoms with van der Waals surface area (Å²) in [6.07, 6.45) is -8.69. The van der Waals surface area contributed by atoms with Gasteiger partial charge in [0, 0.05) is 37.0 Å². The summed E-state index contributed by atoms with van der Waals surface area (Å²) in [7, 11) is 0. The lowest BCUT2D eigenvalue weighted by Gasteiger charge is -2.23. The summed E-state index contributed by atoms with van der Waals surface area (Å²) in [5.41, 5.74) is -4.93. The fourth-order valence-electron chi connectivity index (χ4n) is 5.16. The number of fused-ring (bicyclic) bond motifs is 1. The van der Waals surface area contributed by atoms with Crippen molar-refractivity contribution in [2.45, 2.75) is 49.7 Å². The summed E-state index contributed by atoms with van der Waals surface area (Å²) < 4.78 is 97.0.